The molecular weight excluding hydrogens is 133 g/mol. The third kappa shape index (κ3) is 5.94. The Labute approximate surface area is 58.9 Å². The van der Waals surface area contributed by atoms with Gasteiger partial charge in [0, 0.05) is 13.1 Å². The second kappa shape index (κ2) is 6.18. The van der Waals surface area contributed by atoms with Gasteiger partial charge in [-0.2, -0.15) is 0 Å². The predicted molar refractivity (Wildman–Crippen MR) is 42.3 cm³/mol. The zero-order valence-electron chi connectivity index (χ0n) is 5.84. The Morgan fingerprint density at radius 1 is 1.44 bits per heavy atom. The van der Waals surface area contributed by atoms with Crippen LogP contribution in [0, 0.1) is 0 Å². The van der Waals surface area contributed by atoms with Crippen LogP contribution >= 0.6 is 9.39 Å². The van der Waals surface area contributed by atoms with Gasteiger partial charge in [0.05, 0.1) is 0 Å². The molecule has 1 saturated heterocycles. The molecule has 0 aliphatic carbocycles. The van der Waals surface area contributed by atoms with Crippen molar-refractivity contribution in [1.29, 1.82) is 0 Å². The molecule has 0 aromatic rings. The Kier molecular flexibility index (Phi) is 6.23. The highest BCUT2D eigenvalue weighted by molar-refractivity contribution is 7.13. The van der Waals surface area contributed by atoms with E-state index < -0.39 is 0 Å². The van der Waals surface area contributed by atoms with Crippen molar-refractivity contribution in [2.24, 2.45) is 0 Å². The van der Waals surface area contributed by atoms with Crippen LogP contribution in [0.5, 0.6) is 0 Å². The molecule has 0 bridgehead atoms. The van der Waals surface area contributed by atoms with Gasteiger partial charge in [-0.15, -0.1) is 0 Å². The number of carbonyl (C=O) groups excluding carboxylic acids is 1. The molecule has 9 heavy (non-hydrogen) atoms. The van der Waals surface area contributed by atoms with Gasteiger partial charge >= 0.3 is 0 Å². The first kappa shape index (κ1) is 9.06. The molecule has 2 nitrogen and oxygen atoms in total. The average molecular weight is 147 g/mol. The smallest absolute Gasteiger partial charge is 0.116 e. The zero-order valence-corrected chi connectivity index (χ0v) is 6.99. The van der Waals surface area contributed by atoms with Crippen LogP contribution in [0.2, 0.25) is 0 Å². The van der Waals surface area contributed by atoms with Crippen molar-refractivity contribution in [2.75, 3.05) is 13.1 Å². The van der Waals surface area contributed by atoms with Crippen molar-refractivity contribution in [3.05, 3.63) is 0 Å². The van der Waals surface area contributed by atoms with Crippen molar-refractivity contribution < 1.29 is 4.79 Å². The lowest BCUT2D eigenvalue weighted by Gasteiger charge is -2.00. The predicted octanol–water partition coefficient (Wildman–Crippen LogP) is 1.08. The summed E-state index contributed by atoms with van der Waals surface area (Å²) in [5.74, 6) is 0. The van der Waals surface area contributed by atoms with E-state index in [4.69, 9.17) is 4.79 Å². The Morgan fingerprint density at radius 3 is 1.89 bits per heavy atom. The van der Waals surface area contributed by atoms with E-state index in [1.807, 2.05) is 0 Å². The molecule has 1 rings (SSSR count). The largest absolute Gasteiger partial charge is 0.304 e. The molecule has 0 amide bonds. The van der Waals surface area contributed by atoms with E-state index in [1.54, 1.807) is 0 Å². The fourth-order valence-corrected chi connectivity index (χ4v) is 1.11. The van der Waals surface area contributed by atoms with Crippen LogP contribution in [0.3, 0.4) is 0 Å². The molecule has 0 N–H and O–H groups in total. The van der Waals surface area contributed by atoms with Gasteiger partial charge in [0.2, 0.25) is 0 Å². The minimum absolute atomic E-state index is 0.750. The molecule has 0 aromatic carbocycles. The molecule has 0 saturated carbocycles. The number of hydrogen-bond donors (Lipinski definition) is 0. The lowest BCUT2D eigenvalue weighted by molar-refractivity contribution is -0.106. The Morgan fingerprint density at radius 2 is 1.78 bits per heavy atom. The molecule has 1 fully saturated rings. The standard InChI is InChI=1S/C4H10NP.C2H4O/c6-5-3-1-2-4-5;1-2-3/h1-4,6H2;2H,1H3. The molecule has 0 aromatic heterocycles. The Hall–Kier alpha value is 0.0600. The molecule has 1 unspecified atom stereocenters. The maximum absolute atomic E-state index is 8.81. The van der Waals surface area contributed by atoms with E-state index in [9.17, 15) is 0 Å². The second-order valence-corrected chi connectivity index (χ2v) is 2.71. The zero-order chi connectivity index (χ0) is 7.11. The van der Waals surface area contributed by atoms with Crippen LogP contribution in [0.15, 0.2) is 0 Å². The van der Waals surface area contributed by atoms with Gasteiger partial charge in [-0.3, -0.25) is 4.67 Å². The van der Waals surface area contributed by atoms with Crippen molar-refractivity contribution in [3.63, 3.8) is 0 Å². The maximum Gasteiger partial charge on any atom is 0.116 e. The van der Waals surface area contributed by atoms with Gasteiger partial charge in [-0.1, -0.05) is 9.39 Å². The number of nitrogens with zero attached hydrogens (tertiary/aromatic N) is 1. The monoisotopic (exact) mass is 147 g/mol. The summed E-state index contributed by atoms with van der Waals surface area (Å²) < 4.78 is 2.28. The van der Waals surface area contributed by atoms with Crippen LogP contribution in [-0.4, -0.2) is 24.0 Å². The summed E-state index contributed by atoms with van der Waals surface area (Å²) >= 11 is 0. The number of carbonyl (C=O) groups is 1. The van der Waals surface area contributed by atoms with Gasteiger partial charge in [0.25, 0.3) is 0 Å². The molecule has 0 spiro atoms. The maximum atomic E-state index is 8.81. The SMILES string of the molecule is CC=O.PN1CCCC1. The first-order valence-electron chi connectivity index (χ1n) is 3.20. The highest BCUT2D eigenvalue weighted by atomic mass is 31.0. The minimum Gasteiger partial charge on any atom is -0.304 e. The number of rotatable bonds is 0. The molecule has 3 heteroatoms. The average Bonchev–Trinajstić information content (AvgIpc) is 2.20. The third-order valence-corrected chi connectivity index (χ3v) is 1.66. The molecule has 1 aliphatic rings. The fourth-order valence-electron chi connectivity index (χ4n) is 0.742. The van der Waals surface area contributed by atoms with Crippen LogP contribution in [0.25, 0.3) is 0 Å². The summed E-state index contributed by atoms with van der Waals surface area (Å²) in [6.45, 7) is 4.01. The Balaban J connectivity index is 0.000000187. The highest BCUT2D eigenvalue weighted by Crippen LogP contribution is 2.10. The van der Waals surface area contributed by atoms with Crippen LogP contribution < -0.4 is 0 Å². The molecule has 1 atom stereocenters. The lowest BCUT2D eigenvalue weighted by Crippen LogP contribution is -2.01. The van der Waals surface area contributed by atoms with Crippen molar-refractivity contribution >= 4 is 15.7 Å². The van der Waals surface area contributed by atoms with E-state index in [1.165, 1.54) is 32.9 Å². The van der Waals surface area contributed by atoms with Crippen molar-refractivity contribution in [1.82, 2.24) is 4.67 Å². The van der Waals surface area contributed by atoms with E-state index in [0.717, 1.165) is 6.29 Å². The summed E-state index contributed by atoms with van der Waals surface area (Å²) in [5, 5.41) is 0. The van der Waals surface area contributed by atoms with Crippen molar-refractivity contribution in [2.45, 2.75) is 19.8 Å². The minimum atomic E-state index is 0.750. The molecular formula is C6H14NOP. The first-order valence-corrected chi connectivity index (χ1v) is 3.72. The fraction of sp³-hybridized carbons (Fsp3) is 0.833. The highest BCUT2D eigenvalue weighted by Gasteiger charge is 2.03. The summed E-state index contributed by atoms with van der Waals surface area (Å²) in [7, 11) is 2.71. The number of hydrogen-bond acceptors (Lipinski definition) is 2. The summed E-state index contributed by atoms with van der Waals surface area (Å²) in [6.07, 6.45) is 3.53. The molecule has 54 valence electrons. The first-order chi connectivity index (χ1) is 4.31. The van der Waals surface area contributed by atoms with E-state index in [0.29, 0.717) is 0 Å². The van der Waals surface area contributed by atoms with Crippen molar-refractivity contribution in [3.8, 4) is 0 Å². The summed E-state index contributed by atoms with van der Waals surface area (Å²) in [4.78, 5) is 8.81. The van der Waals surface area contributed by atoms with Gasteiger partial charge in [-0.25, -0.2) is 0 Å². The van der Waals surface area contributed by atoms with Gasteiger partial charge < -0.3 is 4.79 Å². The van der Waals surface area contributed by atoms with E-state index in [2.05, 4.69) is 14.1 Å². The lowest BCUT2D eigenvalue weighted by atomic mass is 10.4. The van der Waals surface area contributed by atoms with E-state index in [-0.39, 0.29) is 0 Å². The summed E-state index contributed by atoms with van der Waals surface area (Å²) in [5.41, 5.74) is 0. The van der Waals surface area contributed by atoms with Gasteiger partial charge in [0.1, 0.15) is 6.29 Å². The normalized spacial score (nSPS) is 18.4. The Bertz CT molecular complexity index is 71.5. The van der Waals surface area contributed by atoms with E-state index >= 15 is 0 Å². The third-order valence-electron chi connectivity index (χ3n) is 1.14. The second-order valence-electron chi connectivity index (χ2n) is 1.98. The number of aldehydes is 1. The quantitative estimate of drug-likeness (QED) is 0.377. The molecule has 1 aliphatic heterocycles. The molecule has 1 heterocycles. The molecule has 0 radical (unpaired) electrons. The summed E-state index contributed by atoms with van der Waals surface area (Å²) in [6, 6.07) is 0. The topological polar surface area (TPSA) is 20.3 Å². The van der Waals surface area contributed by atoms with Crippen LogP contribution in [-0.2, 0) is 4.79 Å². The van der Waals surface area contributed by atoms with Gasteiger partial charge in [0.15, 0.2) is 0 Å². The van der Waals surface area contributed by atoms with Crippen LogP contribution in [0.1, 0.15) is 19.8 Å². The van der Waals surface area contributed by atoms with Crippen LogP contribution in [0.4, 0.5) is 0 Å². The van der Waals surface area contributed by atoms with Gasteiger partial charge in [-0.05, 0) is 19.8 Å².